The lowest BCUT2D eigenvalue weighted by Gasteiger charge is -2.36. The summed E-state index contributed by atoms with van der Waals surface area (Å²) in [6, 6.07) is 13.6. The molecule has 136 valence electrons. The molecule has 0 spiro atoms. The van der Waals surface area contributed by atoms with E-state index >= 15 is 0 Å². The Bertz CT molecular complexity index is 801. The molecule has 1 saturated heterocycles. The first-order valence-corrected chi connectivity index (χ1v) is 8.77. The van der Waals surface area contributed by atoms with E-state index in [0.717, 1.165) is 0 Å². The first-order chi connectivity index (χ1) is 12.6. The number of piperazine rings is 1. The molecule has 5 nitrogen and oxygen atoms in total. The molecule has 6 heteroatoms. The average molecular weight is 355 g/mol. The third-order valence-corrected chi connectivity index (χ3v) is 4.47. The van der Waals surface area contributed by atoms with E-state index in [1.807, 2.05) is 11.0 Å². The molecule has 2 amide bonds. The molecule has 0 aliphatic carbocycles. The molecule has 2 aromatic carbocycles. The minimum absolute atomic E-state index is 0.0780. The molecule has 1 aliphatic heterocycles. The summed E-state index contributed by atoms with van der Waals surface area (Å²) in [5, 5.41) is 2.76. The highest BCUT2D eigenvalue weighted by atomic mass is 19.1. The van der Waals surface area contributed by atoms with Crippen molar-refractivity contribution in [1.29, 1.82) is 0 Å². The highest BCUT2D eigenvalue weighted by Crippen LogP contribution is 2.21. The van der Waals surface area contributed by atoms with E-state index in [1.165, 1.54) is 6.07 Å². The zero-order valence-electron chi connectivity index (χ0n) is 14.7. The highest BCUT2D eigenvalue weighted by Gasteiger charge is 2.23. The van der Waals surface area contributed by atoms with Gasteiger partial charge in [0, 0.05) is 43.9 Å². The molecule has 0 saturated carbocycles. The van der Waals surface area contributed by atoms with Gasteiger partial charge in [-0.15, -0.1) is 0 Å². The number of benzene rings is 2. The minimum atomic E-state index is -0.244. The molecule has 1 fully saturated rings. The molecule has 2 aromatic rings. The fourth-order valence-corrected chi connectivity index (χ4v) is 3.02. The van der Waals surface area contributed by atoms with E-state index in [-0.39, 0.29) is 17.6 Å². The molecule has 0 bridgehead atoms. The third kappa shape index (κ3) is 4.02. The SMILES string of the molecule is CCC(=O)Nc1cccc(C(=O)N2CCN(c3ccccc3F)CC2)c1. The summed E-state index contributed by atoms with van der Waals surface area (Å²) in [5.41, 5.74) is 1.73. The second kappa shape index (κ2) is 7.99. The van der Waals surface area contributed by atoms with Crippen LogP contribution < -0.4 is 10.2 Å². The number of nitrogens with one attached hydrogen (secondary N) is 1. The summed E-state index contributed by atoms with van der Waals surface area (Å²) in [4.78, 5) is 28.0. The van der Waals surface area contributed by atoms with Crippen LogP contribution in [0.2, 0.25) is 0 Å². The number of halogens is 1. The van der Waals surface area contributed by atoms with Crippen molar-refractivity contribution in [3.05, 3.63) is 59.9 Å². The van der Waals surface area contributed by atoms with Crippen LogP contribution in [0.15, 0.2) is 48.5 Å². The van der Waals surface area contributed by atoms with Gasteiger partial charge in [0.1, 0.15) is 5.82 Å². The summed E-state index contributed by atoms with van der Waals surface area (Å²) in [6.45, 7) is 3.99. The molecule has 0 radical (unpaired) electrons. The number of hydrogen-bond donors (Lipinski definition) is 1. The number of para-hydroxylation sites is 1. The summed E-state index contributed by atoms with van der Waals surface area (Å²) in [7, 11) is 0. The summed E-state index contributed by atoms with van der Waals surface area (Å²) in [5.74, 6) is -0.412. The Morgan fingerprint density at radius 1 is 1.04 bits per heavy atom. The van der Waals surface area contributed by atoms with Crippen molar-refractivity contribution in [2.45, 2.75) is 13.3 Å². The lowest BCUT2D eigenvalue weighted by atomic mass is 10.1. The molecule has 1 aliphatic rings. The highest BCUT2D eigenvalue weighted by molar-refractivity contribution is 5.97. The van der Waals surface area contributed by atoms with Crippen LogP contribution in [0.25, 0.3) is 0 Å². The van der Waals surface area contributed by atoms with Gasteiger partial charge in [-0.3, -0.25) is 9.59 Å². The number of hydrogen-bond acceptors (Lipinski definition) is 3. The van der Waals surface area contributed by atoms with Gasteiger partial charge in [0.05, 0.1) is 5.69 Å². The molecule has 0 unspecified atom stereocenters. The fraction of sp³-hybridized carbons (Fsp3) is 0.300. The van der Waals surface area contributed by atoms with Crippen molar-refractivity contribution < 1.29 is 14.0 Å². The van der Waals surface area contributed by atoms with Crippen molar-refractivity contribution in [3.8, 4) is 0 Å². The van der Waals surface area contributed by atoms with E-state index in [4.69, 9.17) is 0 Å². The number of amides is 2. The van der Waals surface area contributed by atoms with Gasteiger partial charge >= 0.3 is 0 Å². The fourth-order valence-electron chi connectivity index (χ4n) is 3.02. The molecule has 0 atom stereocenters. The lowest BCUT2D eigenvalue weighted by Crippen LogP contribution is -2.49. The largest absolute Gasteiger partial charge is 0.366 e. The molecular formula is C20H22FN3O2. The van der Waals surface area contributed by atoms with Crippen LogP contribution in [0.3, 0.4) is 0 Å². The Morgan fingerprint density at radius 2 is 1.77 bits per heavy atom. The summed E-state index contributed by atoms with van der Waals surface area (Å²) in [6.07, 6.45) is 0.385. The zero-order valence-corrected chi connectivity index (χ0v) is 14.7. The van der Waals surface area contributed by atoms with Crippen LogP contribution in [0.4, 0.5) is 15.8 Å². The van der Waals surface area contributed by atoms with Crippen LogP contribution >= 0.6 is 0 Å². The molecule has 3 rings (SSSR count). The summed E-state index contributed by atoms with van der Waals surface area (Å²) < 4.78 is 13.9. The minimum Gasteiger partial charge on any atom is -0.366 e. The summed E-state index contributed by atoms with van der Waals surface area (Å²) >= 11 is 0. The Kier molecular flexibility index (Phi) is 5.51. The maximum absolute atomic E-state index is 13.9. The van der Waals surface area contributed by atoms with Gasteiger partial charge in [-0.1, -0.05) is 25.1 Å². The first kappa shape index (κ1) is 17.9. The Morgan fingerprint density at radius 3 is 2.46 bits per heavy atom. The van der Waals surface area contributed by atoms with Crippen molar-refractivity contribution >= 4 is 23.2 Å². The number of carbonyl (C=O) groups is 2. The van der Waals surface area contributed by atoms with Gasteiger partial charge in [-0.05, 0) is 30.3 Å². The van der Waals surface area contributed by atoms with Crippen LogP contribution in [0.5, 0.6) is 0 Å². The molecule has 1 N–H and O–H groups in total. The van der Waals surface area contributed by atoms with Crippen molar-refractivity contribution in [2.75, 3.05) is 36.4 Å². The quantitative estimate of drug-likeness (QED) is 0.917. The Labute approximate surface area is 152 Å². The Balaban J connectivity index is 1.64. The van der Waals surface area contributed by atoms with Gasteiger partial charge in [-0.2, -0.15) is 0 Å². The monoisotopic (exact) mass is 355 g/mol. The molecule has 0 aromatic heterocycles. The lowest BCUT2D eigenvalue weighted by molar-refractivity contribution is -0.115. The van der Waals surface area contributed by atoms with Crippen molar-refractivity contribution in [1.82, 2.24) is 4.90 Å². The van der Waals surface area contributed by atoms with Gasteiger partial charge in [0.15, 0.2) is 0 Å². The van der Waals surface area contributed by atoms with Gasteiger partial charge in [0.25, 0.3) is 5.91 Å². The van der Waals surface area contributed by atoms with Gasteiger partial charge in [0.2, 0.25) is 5.91 Å². The van der Waals surface area contributed by atoms with E-state index in [1.54, 1.807) is 48.2 Å². The number of nitrogens with zero attached hydrogens (tertiary/aromatic N) is 2. The molecular weight excluding hydrogens is 333 g/mol. The standard InChI is InChI=1S/C20H22FN3O2/c1-2-19(25)22-16-7-5-6-15(14-16)20(26)24-12-10-23(11-13-24)18-9-4-3-8-17(18)21/h3-9,14H,2,10-13H2,1H3,(H,22,25). The third-order valence-electron chi connectivity index (χ3n) is 4.47. The van der Waals surface area contributed by atoms with Crippen LogP contribution in [-0.2, 0) is 4.79 Å². The van der Waals surface area contributed by atoms with Gasteiger partial charge in [-0.25, -0.2) is 4.39 Å². The predicted octanol–water partition coefficient (Wildman–Crippen LogP) is 3.14. The van der Waals surface area contributed by atoms with E-state index < -0.39 is 0 Å². The molecule has 1 heterocycles. The maximum atomic E-state index is 13.9. The molecule has 26 heavy (non-hydrogen) atoms. The van der Waals surface area contributed by atoms with Gasteiger partial charge < -0.3 is 15.1 Å². The number of rotatable bonds is 4. The topological polar surface area (TPSA) is 52.7 Å². The smallest absolute Gasteiger partial charge is 0.254 e. The second-order valence-corrected chi connectivity index (χ2v) is 6.21. The normalized spacial score (nSPS) is 14.2. The maximum Gasteiger partial charge on any atom is 0.254 e. The first-order valence-electron chi connectivity index (χ1n) is 8.77. The number of anilines is 2. The van der Waals surface area contributed by atoms with E-state index in [2.05, 4.69) is 5.32 Å². The van der Waals surface area contributed by atoms with Crippen molar-refractivity contribution in [2.24, 2.45) is 0 Å². The van der Waals surface area contributed by atoms with E-state index in [9.17, 15) is 14.0 Å². The van der Waals surface area contributed by atoms with E-state index in [0.29, 0.717) is 49.5 Å². The second-order valence-electron chi connectivity index (χ2n) is 6.21. The van der Waals surface area contributed by atoms with Crippen LogP contribution in [0, 0.1) is 5.82 Å². The zero-order chi connectivity index (χ0) is 18.5. The Hall–Kier alpha value is -2.89. The number of carbonyl (C=O) groups excluding carboxylic acids is 2. The van der Waals surface area contributed by atoms with Crippen molar-refractivity contribution in [3.63, 3.8) is 0 Å². The van der Waals surface area contributed by atoms with Crippen LogP contribution in [0.1, 0.15) is 23.7 Å². The predicted molar refractivity (Wildman–Crippen MR) is 99.9 cm³/mol. The average Bonchev–Trinajstić information content (AvgIpc) is 2.68. The van der Waals surface area contributed by atoms with Crippen LogP contribution in [-0.4, -0.2) is 42.9 Å².